The van der Waals surface area contributed by atoms with Gasteiger partial charge in [-0.2, -0.15) is 0 Å². The highest BCUT2D eigenvalue weighted by Gasteiger charge is 1.94. The molecular weight excluding hydrogens is 158 g/mol. The van der Waals surface area contributed by atoms with Gasteiger partial charge in [-0.25, -0.2) is 0 Å². The summed E-state index contributed by atoms with van der Waals surface area (Å²) in [7, 11) is 0. The Hall–Kier alpha value is -1.13. The molecule has 1 rings (SSSR count). The van der Waals surface area contributed by atoms with Crippen LogP contribution >= 0.6 is 11.6 Å². The monoisotopic (exact) mass is 164 g/mol. The molecule has 0 saturated carbocycles. The summed E-state index contributed by atoms with van der Waals surface area (Å²) < 4.78 is 0. The normalized spacial score (nSPS) is 8.55. The zero-order valence-electron chi connectivity index (χ0n) is 5.89. The van der Waals surface area contributed by atoms with Gasteiger partial charge in [-0.15, -0.1) is 0 Å². The second-order valence-corrected chi connectivity index (χ2v) is 2.47. The van der Waals surface area contributed by atoms with Gasteiger partial charge in [0.1, 0.15) is 0 Å². The molecule has 0 aromatic heterocycles. The van der Waals surface area contributed by atoms with Crippen molar-refractivity contribution in [2.45, 2.75) is 0 Å². The number of nitrogen functional groups attached to an aromatic ring is 1. The summed E-state index contributed by atoms with van der Waals surface area (Å²) in [6.45, 7) is 3.39. The van der Waals surface area contributed by atoms with Gasteiger partial charge in [0.15, 0.2) is 0 Å². The highest BCUT2D eigenvalue weighted by molar-refractivity contribution is 6.30. The summed E-state index contributed by atoms with van der Waals surface area (Å²) in [5, 5.41) is 0.636. The summed E-state index contributed by atoms with van der Waals surface area (Å²) >= 11 is 5.71. The van der Waals surface area contributed by atoms with Crippen LogP contribution in [0.15, 0.2) is 18.2 Å². The molecule has 0 bridgehead atoms. The fourth-order valence-corrected chi connectivity index (χ4v) is 0.904. The summed E-state index contributed by atoms with van der Waals surface area (Å²) in [5.41, 5.74) is 6.95. The highest BCUT2D eigenvalue weighted by Crippen LogP contribution is 2.16. The Bertz CT molecular complexity index is 320. The smallest absolute Gasteiger partial charge is 0.0489 e. The Labute approximate surface area is 71.2 Å². The van der Waals surface area contributed by atoms with E-state index in [-0.39, 0.29) is 0 Å². The molecule has 11 heavy (non-hydrogen) atoms. The van der Waals surface area contributed by atoms with Gasteiger partial charge in [-0.1, -0.05) is 23.4 Å². The van der Waals surface area contributed by atoms with E-state index >= 15 is 0 Å². The van der Waals surface area contributed by atoms with Gasteiger partial charge >= 0.3 is 0 Å². The molecule has 0 amide bonds. The van der Waals surface area contributed by atoms with Crippen LogP contribution in [-0.4, -0.2) is 0 Å². The van der Waals surface area contributed by atoms with Crippen molar-refractivity contribution in [1.82, 2.24) is 0 Å². The second-order valence-electron chi connectivity index (χ2n) is 2.03. The van der Waals surface area contributed by atoms with Gasteiger partial charge in [0, 0.05) is 23.2 Å². The molecule has 1 radical (unpaired) electrons. The van der Waals surface area contributed by atoms with Crippen molar-refractivity contribution >= 4 is 17.3 Å². The van der Waals surface area contributed by atoms with E-state index in [0.29, 0.717) is 10.7 Å². The molecule has 1 aromatic rings. The minimum atomic E-state index is 0.630. The average molecular weight is 165 g/mol. The average Bonchev–Trinajstić information content (AvgIpc) is 1.98. The van der Waals surface area contributed by atoms with Gasteiger partial charge in [0.25, 0.3) is 0 Å². The largest absolute Gasteiger partial charge is 0.398 e. The maximum atomic E-state index is 5.71. The van der Waals surface area contributed by atoms with Gasteiger partial charge in [0.2, 0.25) is 0 Å². The number of rotatable bonds is 0. The van der Waals surface area contributed by atoms with Crippen LogP contribution in [0.3, 0.4) is 0 Å². The molecule has 0 spiro atoms. The highest BCUT2D eigenvalue weighted by atomic mass is 35.5. The predicted molar refractivity (Wildman–Crippen MR) is 48.1 cm³/mol. The Morgan fingerprint density at radius 2 is 2.18 bits per heavy atom. The van der Waals surface area contributed by atoms with Crippen molar-refractivity contribution in [2.75, 3.05) is 5.73 Å². The third-order valence-corrected chi connectivity index (χ3v) is 1.47. The van der Waals surface area contributed by atoms with Gasteiger partial charge < -0.3 is 5.73 Å². The van der Waals surface area contributed by atoms with Crippen molar-refractivity contribution in [1.29, 1.82) is 0 Å². The molecule has 0 aliphatic rings. The first-order valence-electron chi connectivity index (χ1n) is 3.07. The van der Waals surface area contributed by atoms with Crippen LogP contribution in [0, 0.1) is 18.8 Å². The first-order valence-corrected chi connectivity index (χ1v) is 3.45. The zero-order valence-corrected chi connectivity index (χ0v) is 6.65. The minimum absolute atomic E-state index is 0.630. The lowest BCUT2D eigenvalue weighted by molar-refractivity contribution is 1.63. The van der Waals surface area contributed by atoms with E-state index in [1.54, 1.807) is 18.2 Å². The predicted octanol–water partition coefficient (Wildman–Crippen LogP) is 2.11. The summed E-state index contributed by atoms with van der Waals surface area (Å²) in [5.74, 6) is 5.26. The molecule has 0 heterocycles. The molecule has 55 valence electrons. The van der Waals surface area contributed by atoms with E-state index in [1.807, 2.05) is 0 Å². The fourth-order valence-electron chi connectivity index (χ4n) is 0.732. The van der Waals surface area contributed by atoms with Gasteiger partial charge in [-0.05, 0) is 18.2 Å². The van der Waals surface area contributed by atoms with Crippen LogP contribution in [0.25, 0.3) is 0 Å². The number of anilines is 1. The quantitative estimate of drug-likeness (QED) is 0.461. The summed E-state index contributed by atoms with van der Waals surface area (Å²) in [6, 6.07) is 5.17. The SMILES string of the molecule is [CH2]C#Cc1cc(Cl)ccc1N. The van der Waals surface area contributed by atoms with E-state index in [0.717, 1.165) is 5.56 Å². The van der Waals surface area contributed by atoms with Crippen LogP contribution in [0.2, 0.25) is 5.02 Å². The molecule has 0 aliphatic heterocycles. The molecule has 0 fully saturated rings. The van der Waals surface area contributed by atoms with E-state index < -0.39 is 0 Å². The van der Waals surface area contributed by atoms with Crippen molar-refractivity contribution in [3.8, 4) is 11.8 Å². The van der Waals surface area contributed by atoms with Crippen molar-refractivity contribution in [3.63, 3.8) is 0 Å². The summed E-state index contributed by atoms with van der Waals surface area (Å²) in [6.07, 6.45) is 0. The summed E-state index contributed by atoms with van der Waals surface area (Å²) in [4.78, 5) is 0. The van der Waals surface area contributed by atoms with Crippen LogP contribution in [0.4, 0.5) is 5.69 Å². The Balaban J connectivity index is 3.19. The van der Waals surface area contributed by atoms with Crippen molar-refractivity contribution in [3.05, 3.63) is 35.7 Å². The lowest BCUT2D eigenvalue weighted by atomic mass is 10.2. The zero-order chi connectivity index (χ0) is 8.27. The van der Waals surface area contributed by atoms with E-state index in [4.69, 9.17) is 17.3 Å². The molecular formula is C9H7ClN. The van der Waals surface area contributed by atoms with E-state index in [2.05, 4.69) is 18.8 Å². The number of benzene rings is 1. The lowest BCUT2D eigenvalue weighted by Gasteiger charge is -1.96. The first kappa shape index (κ1) is 7.97. The van der Waals surface area contributed by atoms with Gasteiger partial charge in [-0.3, -0.25) is 0 Å². The molecule has 0 aliphatic carbocycles. The Morgan fingerprint density at radius 3 is 2.82 bits per heavy atom. The van der Waals surface area contributed by atoms with Gasteiger partial charge in [0.05, 0.1) is 0 Å². The Morgan fingerprint density at radius 1 is 1.45 bits per heavy atom. The van der Waals surface area contributed by atoms with Crippen LogP contribution < -0.4 is 5.73 Å². The third-order valence-electron chi connectivity index (χ3n) is 1.24. The number of hydrogen-bond acceptors (Lipinski definition) is 1. The standard InChI is InChI=1S/C9H7ClN/c1-2-3-7-6-8(10)4-5-9(7)11/h4-6H,1,11H2. The Kier molecular flexibility index (Phi) is 2.40. The van der Waals surface area contributed by atoms with Crippen molar-refractivity contribution < 1.29 is 0 Å². The molecule has 0 atom stereocenters. The molecule has 1 aromatic carbocycles. The maximum absolute atomic E-state index is 5.71. The van der Waals surface area contributed by atoms with Crippen LogP contribution in [0.5, 0.6) is 0 Å². The number of nitrogens with two attached hydrogens (primary N) is 1. The second kappa shape index (κ2) is 3.32. The van der Waals surface area contributed by atoms with Crippen LogP contribution in [-0.2, 0) is 0 Å². The number of halogens is 1. The van der Waals surface area contributed by atoms with E-state index in [1.165, 1.54) is 0 Å². The van der Waals surface area contributed by atoms with Crippen LogP contribution in [0.1, 0.15) is 5.56 Å². The molecule has 0 saturated heterocycles. The topological polar surface area (TPSA) is 26.0 Å². The van der Waals surface area contributed by atoms with E-state index in [9.17, 15) is 0 Å². The molecule has 2 heteroatoms. The molecule has 1 nitrogen and oxygen atoms in total. The molecule has 0 unspecified atom stereocenters. The number of hydrogen-bond donors (Lipinski definition) is 1. The first-order chi connectivity index (χ1) is 5.24. The molecule has 2 N–H and O–H groups in total. The maximum Gasteiger partial charge on any atom is 0.0489 e. The fraction of sp³-hybridized carbons (Fsp3) is 0. The lowest BCUT2D eigenvalue weighted by Crippen LogP contribution is -1.88. The minimum Gasteiger partial charge on any atom is -0.398 e. The van der Waals surface area contributed by atoms with Crippen molar-refractivity contribution in [2.24, 2.45) is 0 Å². The third kappa shape index (κ3) is 1.89.